The van der Waals surface area contributed by atoms with Crippen LogP contribution >= 0.6 is 0 Å². The van der Waals surface area contributed by atoms with E-state index in [9.17, 15) is 4.79 Å². The highest BCUT2D eigenvalue weighted by atomic mass is 16.5. The van der Waals surface area contributed by atoms with Crippen LogP contribution in [0.1, 0.15) is 44.9 Å². The summed E-state index contributed by atoms with van der Waals surface area (Å²) in [5.74, 6) is 1.49. The molecule has 0 radical (unpaired) electrons. The van der Waals surface area contributed by atoms with Crippen molar-refractivity contribution in [3.63, 3.8) is 0 Å². The summed E-state index contributed by atoms with van der Waals surface area (Å²) < 4.78 is 16.0. The second kappa shape index (κ2) is 8.80. The SMILES string of the molecule is C[C@H]1CCCC[C@@H]1OCCNC(=O)CCc1nc(-c2ccoc2)no1. The third kappa shape index (κ3) is 5.16. The summed E-state index contributed by atoms with van der Waals surface area (Å²) in [7, 11) is 0. The largest absolute Gasteiger partial charge is 0.472 e. The first-order chi connectivity index (χ1) is 12.2. The molecule has 0 spiro atoms. The van der Waals surface area contributed by atoms with E-state index in [0.29, 0.717) is 49.7 Å². The fourth-order valence-corrected chi connectivity index (χ4v) is 3.10. The van der Waals surface area contributed by atoms with Gasteiger partial charge in [0.2, 0.25) is 17.6 Å². The molecule has 1 N–H and O–H groups in total. The molecule has 25 heavy (non-hydrogen) atoms. The summed E-state index contributed by atoms with van der Waals surface area (Å²) in [4.78, 5) is 16.1. The molecule has 2 aromatic rings. The minimum Gasteiger partial charge on any atom is -0.472 e. The lowest BCUT2D eigenvalue weighted by Crippen LogP contribution is -2.31. The molecule has 0 aliphatic heterocycles. The molecule has 7 nitrogen and oxygen atoms in total. The lowest BCUT2D eigenvalue weighted by atomic mass is 9.88. The van der Waals surface area contributed by atoms with Crippen molar-refractivity contribution >= 4 is 5.91 Å². The molecule has 0 saturated heterocycles. The van der Waals surface area contributed by atoms with Gasteiger partial charge in [0.05, 0.1) is 24.5 Å². The van der Waals surface area contributed by atoms with Gasteiger partial charge in [-0.2, -0.15) is 4.98 Å². The molecule has 1 fully saturated rings. The van der Waals surface area contributed by atoms with E-state index in [1.54, 1.807) is 18.6 Å². The lowest BCUT2D eigenvalue weighted by molar-refractivity contribution is -0.121. The van der Waals surface area contributed by atoms with Crippen LogP contribution in [0.25, 0.3) is 11.4 Å². The highest BCUT2D eigenvalue weighted by Crippen LogP contribution is 2.26. The number of aromatic nitrogens is 2. The van der Waals surface area contributed by atoms with Gasteiger partial charge in [0.1, 0.15) is 6.26 Å². The van der Waals surface area contributed by atoms with Crippen LogP contribution in [0.5, 0.6) is 0 Å². The molecule has 0 bridgehead atoms. The normalized spacial score (nSPS) is 20.5. The summed E-state index contributed by atoms with van der Waals surface area (Å²) in [5.41, 5.74) is 0.758. The molecule has 1 aliphatic rings. The van der Waals surface area contributed by atoms with E-state index in [-0.39, 0.29) is 5.91 Å². The van der Waals surface area contributed by atoms with Gasteiger partial charge in [0.15, 0.2) is 0 Å². The molecule has 3 rings (SSSR count). The molecular weight excluding hydrogens is 322 g/mol. The minimum absolute atomic E-state index is 0.0386. The van der Waals surface area contributed by atoms with E-state index in [2.05, 4.69) is 22.4 Å². The maximum atomic E-state index is 11.9. The zero-order chi connectivity index (χ0) is 17.5. The number of hydrogen-bond donors (Lipinski definition) is 1. The van der Waals surface area contributed by atoms with Gasteiger partial charge in [-0.15, -0.1) is 0 Å². The van der Waals surface area contributed by atoms with Crippen LogP contribution in [0.2, 0.25) is 0 Å². The zero-order valence-corrected chi connectivity index (χ0v) is 14.6. The molecule has 2 atom stereocenters. The van der Waals surface area contributed by atoms with E-state index in [0.717, 1.165) is 12.0 Å². The Kier molecular flexibility index (Phi) is 6.22. The smallest absolute Gasteiger partial charge is 0.227 e. The number of ether oxygens (including phenoxy) is 1. The molecule has 1 amide bonds. The predicted molar refractivity (Wildman–Crippen MR) is 90.7 cm³/mol. The van der Waals surface area contributed by atoms with E-state index in [1.807, 2.05) is 0 Å². The lowest BCUT2D eigenvalue weighted by Gasteiger charge is -2.28. The van der Waals surface area contributed by atoms with Crippen molar-refractivity contribution < 1.29 is 18.5 Å². The maximum Gasteiger partial charge on any atom is 0.227 e. The average molecular weight is 347 g/mol. The summed E-state index contributed by atoms with van der Waals surface area (Å²) >= 11 is 0. The van der Waals surface area contributed by atoms with Crippen molar-refractivity contribution in [2.45, 2.75) is 51.6 Å². The van der Waals surface area contributed by atoms with E-state index in [4.69, 9.17) is 13.7 Å². The van der Waals surface area contributed by atoms with Gasteiger partial charge >= 0.3 is 0 Å². The van der Waals surface area contributed by atoms with Gasteiger partial charge in [-0.05, 0) is 24.8 Å². The molecule has 2 heterocycles. The van der Waals surface area contributed by atoms with Gasteiger partial charge < -0.3 is 19.0 Å². The minimum atomic E-state index is -0.0386. The van der Waals surface area contributed by atoms with Crippen molar-refractivity contribution in [1.29, 1.82) is 0 Å². The number of carbonyl (C=O) groups is 1. The van der Waals surface area contributed by atoms with Gasteiger partial charge in [-0.1, -0.05) is 24.9 Å². The Morgan fingerprint density at radius 3 is 3.08 bits per heavy atom. The summed E-state index contributed by atoms with van der Waals surface area (Å²) in [6, 6.07) is 1.76. The van der Waals surface area contributed by atoms with Crippen LogP contribution < -0.4 is 5.32 Å². The number of carbonyl (C=O) groups excluding carboxylic acids is 1. The number of aryl methyl sites for hydroxylation is 1. The number of nitrogens with one attached hydrogen (secondary N) is 1. The zero-order valence-electron chi connectivity index (χ0n) is 14.6. The topological polar surface area (TPSA) is 90.4 Å². The summed E-state index contributed by atoms with van der Waals surface area (Å²) in [6.07, 6.45) is 9.08. The predicted octanol–water partition coefficient (Wildman–Crippen LogP) is 2.97. The van der Waals surface area contributed by atoms with Crippen molar-refractivity contribution in [2.24, 2.45) is 5.92 Å². The fourth-order valence-electron chi connectivity index (χ4n) is 3.10. The molecule has 0 unspecified atom stereocenters. The van der Waals surface area contributed by atoms with Crippen LogP contribution in [-0.4, -0.2) is 35.3 Å². The average Bonchev–Trinajstić information content (AvgIpc) is 3.29. The first kappa shape index (κ1) is 17.7. The molecule has 136 valence electrons. The van der Waals surface area contributed by atoms with Crippen LogP contribution in [-0.2, 0) is 16.0 Å². The Morgan fingerprint density at radius 2 is 2.28 bits per heavy atom. The van der Waals surface area contributed by atoms with E-state index >= 15 is 0 Å². The number of furan rings is 1. The number of amides is 1. The van der Waals surface area contributed by atoms with Gasteiger partial charge in [-0.3, -0.25) is 4.79 Å². The fraction of sp³-hybridized carbons (Fsp3) is 0.611. The third-order valence-corrected chi connectivity index (χ3v) is 4.60. The first-order valence-electron chi connectivity index (χ1n) is 8.96. The number of nitrogens with zero attached hydrogens (tertiary/aromatic N) is 2. The molecule has 7 heteroatoms. The second-order valence-electron chi connectivity index (χ2n) is 6.54. The van der Waals surface area contributed by atoms with Crippen LogP contribution in [0.3, 0.4) is 0 Å². The first-order valence-corrected chi connectivity index (χ1v) is 8.96. The Balaban J connectivity index is 1.32. The summed E-state index contributed by atoms with van der Waals surface area (Å²) in [6.45, 7) is 3.34. The Labute approximate surface area is 147 Å². The van der Waals surface area contributed by atoms with Crippen LogP contribution in [0.4, 0.5) is 0 Å². The summed E-state index contributed by atoms with van der Waals surface area (Å²) in [5, 5.41) is 6.75. The van der Waals surface area contributed by atoms with Gasteiger partial charge in [-0.25, -0.2) is 0 Å². The Bertz CT molecular complexity index is 653. The monoisotopic (exact) mass is 347 g/mol. The Hall–Kier alpha value is -2.15. The van der Waals surface area contributed by atoms with Crippen molar-refractivity contribution in [3.05, 3.63) is 24.5 Å². The third-order valence-electron chi connectivity index (χ3n) is 4.60. The standard InChI is InChI=1S/C18H25N3O4/c1-13-4-2-3-5-15(13)24-11-9-19-16(22)6-7-17-20-18(21-25-17)14-8-10-23-12-14/h8,10,12-13,15H,2-7,9,11H2,1H3,(H,19,22)/t13-,15-/m0/s1. The van der Waals surface area contributed by atoms with Crippen molar-refractivity contribution in [2.75, 3.05) is 13.2 Å². The van der Waals surface area contributed by atoms with Crippen LogP contribution in [0, 0.1) is 5.92 Å². The highest BCUT2D eigenvalue weighted by molar-refractivity contribution is 5.76. The number of hydrogen-bond acceptors (Lipinski definition) is 6. The number of rotatable bonds is 8. The van der Waals surface area contributed by atoms with E-state index < -0.39 is 0 Å². The van der Waals surface area contributed by atoms with Crippen LogP contribution in [0.15, 0.2) is 27.5 Å². The van der Waals surface area contributed by atoms with Gasteiger partial charge in [0.25, 0.3) is 0 Å². The Morgan fingerprint density at radius 1 is 1.40 bits per heavy atom. The van der Waals surface area contributed by atoms with Gasteiger partial charge in [0, 0.05) is 19.4 Å². The molecular formula is C18H25N3O4. The highest BCUT2D eigenvalue weighted by Gasteiger charge is 2.21. The molecule has 0 aromatic carbocycles. The molecule has 2 aromatic heterocycles. The molecule has 1 aliphatic carbocycles. The van der Waals surface area contributed by atoms with Crippen molar-refractivity contribution in [3.8, 4) is 11.4 Å². The molecule has 1 saturated carbocycles. The maximum absolute atomic E-state index is 11.9. The quantitative estimate of drug-likeness (QED) is 0.738. The second-order valence-corrected chi connectivity index (χ2v) is 6.54. The van der Waals surface area contributed by atoms with Crippen molar-refractivity contribution in [1.82, 2.24) is 15.5 Å². The van der Waals surface area contributed by atoms with E-state index in [1.165, 1.54) is 19.3 Å².